The van der Waals surface area contributed by atoms with Crippen LogP contribution in [-0.4, -0.2) is 25.8 Å². The third-order valence-electron chi connectivity index (χ3n) is 4.60. The van der Waals surface area contributed by atoms with Crippen molar-refractivity contribution in [2.75, 3.05) is 12.4 Å². The number of sulfonamides is 1. The number of nitrogens with zero attached hydrogens (tertiary/aromatic N) is 1. The minimum absolute atomic E-state index is 0.173. The molecule has 3 aromatic carbocycles. The maximum atomic E-state index is 12.8. The van der Waals surface area contributed by atoms with Crippen molar-refractivity contribution < 1.29 is 13.2 Å². The molecule has 3 rings (SSSR count). The summed E-state index contributed by atoms with van der Waals surface area (Å²) in [6, 6.07) is 23.1. The fourth-order valence-corrected chi connectivity index (χ4v) is 4.15. The zero-order valence-electron chi connectivity index (χ0n) is 17.0. The molecule has 6 nitrogen and oxygen atoms in total. The number of hydrogen-bond donors (Lipinski definition) is 2. The number of nitrogens with one attached hydrogen (secondary N) is 2. The van der Waals surface area contributed by atoms with Crippen molar-refractivity contribution in [1.82, 2.24) is 9.62 Å². The minimum atomic E-state index is -3.63. The summed E-state index contributed by atoms with van der Waals surface area (Å²) < 4.78 is 26.9. The van der Waals surface area contributed by atoms with Crippen molar-refractivity contribution in [3.05, 3.63) is 95.6 Å². The molecule has 0 spiro atoms. The van der Waals surface area contributed by atoms with Gasteiger partial charge in [0.05, 0.1) is 4.90 Å². The first-order valence-electron chi connectivity index (χ1n) is 9.55. The number of hydrogen-bond acceptors (Lipinski definition) is 3. The molecule has 0 fully saturated rings. The van der Waals surface area contributed by atoms with Crippen LogP contribution in [0, 0.1) is 6.92 Å². The largest absolute Gasteiger partial charge is 0.334 e. The van der Waals surface area contributed by atoms with Crippen LogP contribution in [0.2, 0.25) is 0 Å². The quantitative estimate of drug-likeness (QED) is 0.600. The Labute approximate surface area is 177 Å². The highest BCUT2D eigenvalue weighted by Gasteiger charge is 2.20. The molecule has 0 saturated heterocycles. The van der Waals surface area contributed by atoms with E-state index < -0.39 is 10.0 Å². The number of anilines is 1. The Kier molecular flexibility index (Phi) is 6.87. The Morgan fingerprint density at radius 1 is 0.900 bits per heavy atom. The molecular weight excluding hydrogens is 398 g/mol. The van der Waals surface area contributed by atoms with Gasteiger partial charge in [-0.1, -0.05) is 60.2 Å². The molecular formula is C23H25N3O3S. The lowest BCUT2D eigenvalue weighted by Crippen LogP contribution is -2.28. The molecule has 0 aliphatic heterocycles. The number of urea groups is 1. The summed E-state index contributed by atoms with van der Waals surface area (Å²) in [6.45, 7) is 2.69. The smallest absolute Gasteiger partial charge is 0.319 e. The summed E-state index contributed by atoms with van der Waals surface area (Å²) >= 11 is 0. The van der Waals surface area contributed by atoms with Gasteiger partial charge in [0.1, 0.15) is 0 Å². The molecule has 0 atom stereocenters. The minimum Gasteiger partial charge on any atom is -0.334 e. The molecule has 0 aliphatic carbocycles. The van der Waals surface area contributed by atoms with Crippen molar-refractivity contribution in [2.24, 2.45) is 0 Å². The van der Waals surface area contributed by atoms with Gasteiger partial charge in [0, 0.05) is 25.8 Å². The van der Waals surface area contributed by atoms with Crippen LogP contribution in [0.4, 0.5) is 10.5 Å². The number of amides is 2. The molecule has 0 saturated carbocycles. The number of aryl methyl sites for hydroxylation is 1. The lowest BCUT2D eigenvalue weighted by Gasteiger charge is -2.17. The number of rotatable bonds is 7. The predicted octanol–water partition coefficient (Wildman–Crippen LogP) is 4.14. The van der Waals surface area contributed by atoms with Crippen LogP contribution in [0.5, 0.6) is 0 Å². The molecule has 30 heavy (non-hydrogen) atoms. The highest BCUT2D eigenvalue weighted by Crippen LogP contribution is 2.19. The maximum Gasteiger partial charge on any atom is 0.319 e. The molecule has 0 aromatic heterocycles. The molecule has 2 amide bonds. The Morgan fingerprint density at radius 2 is 1.57 bits per heavy atom. The Morgan fingerprint density at radius 3 is 2.23 bits per heavy atom. The van der Waals surface area contributed by atoms with E-state index in [1.807, 2.05) is 61.5 Å². The van der Waals surface area contributed by atoms with Crippen LogP contribution in [-0.2, 0) is 23.1 Å². The first kappa shape index (κ1) is 21.5. The second-order valence-corrected chi connectivity index (χ2v) is 9.11. The van der Waals surface area contributed by atoms with Crippen molar-refractivity contribution in [1.29, 1.82) is 0 Å². The molecule has 0 radical (unpaired) electrons. The normalized spacial score (nSPS) is 11.3. The molecule has 156 valence electrons. The van der Waals surface area contributed by atoms with Gasteiger partial charge in [0.2, 0.25) is 10.0 Å². The topological polar surface area (TPSA) is 78.5 Å². The van der Waals surface area contributed by atoms with Crippen LogP contribution < -0.4 is 10.6 Å². The lowest BCUT2D eigenvalue weighted by atomic mass is 10.1. The van der Waals surface area contributed by atoms with Crippen LogP contribution in [0.25, 0.3) is 0 Å². The van der Waals surface area contributed by atoms with Gasteiger partial charge in [-0.15, -0.1) is 0 Å². The van der Waals surface area contributed by atoms with Gasteiger partial charge in [-0.2, -0.15) is 4.31 Å². The second-order valence-electron chi connectivity index (χ2n) is 7.07. The van der Waals surface area contributed by atoms with Crippen LogP contribution in [0.15, 0.2) is 83.8 Å². The van der Waals surface area contributed by atoms with Crippen molar-refractivity contribution in [3.8, 4) is 0 Å². The number of benzene rings is 3. The summed E-state index contributed by atoms with van der Waals surface area (Å²) in [5.41, 5.74) is 3.56. The van der Waals surface area contributed by atoms with Gasteiger partial charge < -0.3 is 10.6 Å². The average Bonchev–Trinajstić information content (AvgIpc) is 2.73. The zero-order valence-corrected chi connectivity index (χ0v) is 17.8. The van der Waals surface area contributed by atoms with Crippen molar-refractivity contribution in [2.45, 2.75) is 24.9 Å². The van der Waals surface area contributed by atoms with E-state index in [0.717, 1.165) is 16.7 Å². The third kappa shape index (κ3) is 5.68. The van der Waals surface area contributed by atoms with Crippen molar-refractivity contribution in [3.63, 3.8) is 0 Å². The Balaban J connectivity index is 1.58. The van der Waals surface area contributed by atoms with Crippen LogP contribution >= 0.6 is 0 Å². The molecule has 7 heteroatoms. The number of carbonyl (C=O) groups is 1. The standard InChI is InChI=1S/C23H25N3O3S/c1-18-7-6-10-20(15-18)16-24-23(27)25-21-11-13-22(14-12-21)30(28,29)26(2)17-19-8-4-3-5-9-19/h3-15H,16-17H2,1-2H3,(H2,24,25,27). The highest BCUT2D eigenvalue weighted by atomic mass is 32.2. The van der Waals surface area contributed by atoms with E-state index >= 15 is 0 Å². The summed E-state index contributed by atoms with van der Waals surface area (Å²) in [6.07, 6.45) is 0. The Hall–Kier alpha value is -3.16. The summed E-state index contributed by atoms with van der Waals surface area (Å²) in [4.78, 5) is 12.3. The van der Waals surface area contributed by atoms with E-state index in [4.69, 9.17) is 0 Å². The van der Waals surface area contributed by atoms with Crippen LogP contribution in [0.1, 0.15) is 16.7 Å². The van der Waals surface area contributed by atoms with E-state index in [9.17, 15) is 13.2 Å². The predicted molar refractivity (Wildman–Crippen MR) is 119 cm³/mol. The molecule has 3 aromatic rings. The first-order valence-corrected chi connectivity index (χ1v) is 11.0. The van der Waals surface area contributed by atoms with Gasteiger partial charge in [-0.25, -0.2) is 13.2 Å². The van der Waals surface area contributed by atoms with Gasteiger partial charge >= 0.3 is 6.03 Å². The fourth-order valence-electron chi connectivity index (χ4n) is 3.00. The molecule has 0 bridgehead atoms. The average molecular weight is 424 g/mol. The summed E-state index contributed by atoms with van der Waals surface area (Å²) in [5, 5.41) is 5.50. The highest BCUT2D eigenvalue weighted by molar-refractivity contribution is 7.89. The summed E-state index contributed by atoms with van der Waals surface area (Å²) in [5.74, 6) is 0. The van der Waals surface area contributed by atoms with E-state index in [0.29, 0.717) is 12.2 Å². The number of carbonyl (C=O) groups excluding carboxylic acids is 1. The van der Waals surface area contributed by atoms with E-state index in [1.54, 1.807) is 19.2 Å². The summed E-state index contributed by atoms with van der Waals surface area (Å²) in [7, 11) is -2.08. The Bertz CT molecular complexity index is 1100. The van der Waals surface area contributed by atoms with Gasteiger partial charge in [0.25, 0.3) is 0 Å². The van der Waals surface area contributed by atoms with Gasteiger partial charge in [-0.3, -0.25) is 0 Å². The lowest BCUT2D eigenvalue weighted by molar-refractivity contribution is 0.251. The monoisotopic (exact) mass is 423 g/mol. The van der Waals surface area contributed by atoms with E-state index in [2.05, 4.69) is 10.6 Å². The van der Waals surface area contributed by atoms with Gasteiger partial charge in [-0.05, 0) is 42.3 Å². The molecule has 0 aliphatic rings. The fraction of sp³-hybridized carbons (Fsp3) is 0.174. The SMILES string of the molecule is Cc1cccc(CNC(=O)Nc2ccc(S(=O)(=O)N(C)Cc3ccccc3)cc2)c1. The molecule has 2 N–H and O–H groups in total. The van der Waals surface area contributed by atoms with Crippen LogP contribution in [0.3, 0.4) is 0 Å². The maximum absolute atomic E-state index is 12.8. The van der Waals surface area contributed by atoms with E-state index in [1.165, 1.54) is 16.4 Å². The second kappa shape index (κ2) is 9.56. The van der Waals surface area contributed by atoms with E-state index in [-0.39, 0.29) is 17.5 Å². The molecule has 0 heterocycles. The zero-order chi connectivity index (χ0) is 21.6. The third-order valence-corrected chi connectivity index (χ3v) is 6.42. The van der Waals surface area contributed by atoms with Gasteiger partial charge in [0.15, 0.2) is 0 Å². The van der Waals surface area contributed by atoms with Crippen molar-refractivity contribution >= 4 is 21.7 Å². The first-order chi connectivity index (χ1) is 14.3. The molecule has 0 unspecified atom stereocenters.